The van der Waals surface area contributed by atoms with E-state index in [1.54, 1.807) is 36.5 Å². The van der Waals surface area contributed by atoms with Crippen LogP contribution in [0.15, 0.2) is 54.7 Å². The Morgan fingerprint density at radius 1 is 1.18 bits per heavy atom. The van der Waals surface area contributed by atoms with Crippen molar-refractivity contribution < 1.29 is 19.4 Å². The summed E-state index contributed by atoms with van der Waals surface area (Å²) >= 11 is 6.08. The Morgan fingerprint density at radius 2 is 1.94 bits per heavy atom. The molecule has 0 spiro atoms. The van der Waals surface area contributed by atoms with E-state index in [2.05, 4.69) is 15.2 Å². The van der Waals surface area contributed by atoms with Crippen molar-refractivity contribution in [2.24, 2.45) is 11.8 Å². The first-order chi connectivity index (χ1) is 15.9. The SMILES string of the molecule is CN1CCC(C(COC(=O)c2ccccc2Nc2ccnc3cc(Cl)ccc23)C(=O)O)CC1. The molecular weight excluding hydrogens is 442 g/mol. The van der Waals surface area contributed by atoms with Crippen molar-refractivity contribution in [3.8, 4) is 0 Å². The number of esters is 1. The molecule has 0 saturated carbocycles. The van der Waals surface area contributed by atoms with E-state index < -0.39 is 17.9 Å². The quantitative estimate of drug-likeness (QED) is 0.481. The second-order valence-electron chi connectivity index (χ2n) is 8.37. The van der Waals surface area contributed by atoms with Gasteiger partial charge in [-0.3, -0.25) is 9.78 Å². The summed E-state index contributed by atoms with van der Waals surface area (Å²) in [4.78, 5) is 31.3. The molecule has 3 aromatic rings. The van der Waals surface area contributed by atoms with Crippen LogP contribution in [0, 0.1) is 11.8 Å². The van der Waals surface area contributed by atoms with E-state index in [-0.39, 0.29) is 12.5 Å². The third-order valence-electron chi connectivity index (χ3n) is 6.16. The average molecular weight is 468 g/mol. The number of pyridine rings is 1. The van der Waals surface area contributed by atoms with Gasteiger partial charge in [0.05, 0.1) is 22.7 Å². The smallest absolute Gasteiger partial charge is 0.340 e. The third kappa shape index (κ3) is 5.43. The lowest BCUT2D eigenvalue weighted by Crippen LogP contribution is -2.38. The number of aromatic nitrogens is 1. The minimum atomic E-state index is -0.925. The molecule has 7 nitrogen and oxygen atoms in total. The number of nitrogens with one attached hydrogen (secondary N) is 1. The van der Waals surface area contributed by atoms with Crippen LogP contribution < -0.4 is 5.32 Å². The van der Waals surface area contributed by atoms with Gasteiger partial charge < -0.3 is 20.1 Å². The van der Waals surface area contributed by atoms with Crippen LogP contribution in [0.4, 0.5) is 11.4 Å². The van der Waals surface area contributed by atoms with Crippen molar-refractivity contribution in [3.63, 3.8) is 0 Å². The van der Waals surface area contributed by atoms with Crippen molar-refractivity contribution in [2.45, 2.75) is 12.8 Å². The minimum Gasteiger partial charge on any atom is -0.481 e. The molecule has 0 aliphatic carbocycles. The zero-order valence-electron chi connectivity index (χ0n) is 18.3. The van der Waals surface area contributed by atoms with Gasteiger partial charge in [-0.25, -0.2) is 4.79 Å². The molecule has 172 valence electrons. The van der Waals surface area contributed by atoms with E-state index in [1.165, 1.54) is 0 Å². The number of carboxylic acids is 1. The Morgan fingerprint density at radius 3 is 2.70 bits per heavy atom. The Balaban J connectivity index is 1.50. The van der Waals surface area contributed by atoms with Crippen molar-refractivity contribution in [2.75, 3.05) is 32.1 Å². The van der Waals surface area contributed by atoms with Crippen LogP contribution in [0.1, 0.15) is 23.2 Å². The molecule has 0 bridgehead atoms. The van der Waals surface area contributed by atoms with E-state index in [1.807, 2.05) is 25.2 Å². The molecule has 2 heterocycles. The number of hydrogen-bond donors (Lipinski definition) is 2. The van der Waals surface area contributed by atoms with E-state index in [0.717, 1.165) is 42.5 Å². The second-order valence-corrected chi connectivity index (χ2v) is 8.81. The zero-order valence-corrected chi connectivity index (χ0v) is 19.1. The van der Waals surface area contributed by atoms with Gasteiger partial charge in [0, 0.05) is 22.3 Å². The lowest BCUT2D eigenvalue weighted by molar-refractivity contribution is -0.146. The van der Waals surface area contributed by atoms with Gasteiger partial charge in [-0.2, -0.15) is 0 Å². The summed E-state index contributed by atoms with van der Waals surface area (Å²) in [5.41, 5.74) is 2.40. The van der Waals surface area contributed by atoms with E-state index in [4.69, 9.17) is 16.3 Å². The molecule has 4 rings (SSSR count). The summed E-state index contributed by atoms with van der Waals surface area (Å²) in [6.07, 6.45) is 3.23. The van der Waals surface area contributed by atoms with Crippen molar-refractivity contribution in [3.05, 3.63) is 65.3 Å². The average Bonchev–Trinajstić information content (AvgIpc) is 2.80. The molecule has 2 aromatic carbocycles. The van der Waals surface area contributed by atoms with Gasteiger partial charge in [-0.15, -0.1) is 0 Å². The highest BCUT2D eigenvalue weighted by Gasteiger charge is 2.32. The highest BCUT2D eigenvalue weighted by Crippen LogP contribution is 2.30. The van der Waals surface area contributed by atoms with Gasteiger partial charge in [0.25, 0.3) is 0 Å². The van der Waals surface area contributed by atoms with Crippen molar-refractivity contribution in [1.82, 2.24) is 9.88 Å². The molecule has 1 aliphatic rings. The fourth-order valence-electron chi connectivity index (χ4n) is 4.23. The van der Waals surface area contributed by atoms with Crippen LogP contribution in [0.2, 0.25) is 5.02 Å². The maximum atomic E-state index is 12.9. The van der Waals surface area contributed by atoms with Crippen molar-refractivity contribution >= 4 is 45.8 Å². The first-order valence-corrected chi connectivity index (χ1v) is 11.3. The van der Waals surface area contributed by atoms with E-state index >= 15 is 0 Å². The largest absolute Gasteiger partial charge is 0.481 e. The van der Waals surface area contributed by atoms with E-state index in [0.29, 0.717) is 16.3 Å². The first kappa shape index (κ1) is 23.0. The molecule has 1 unspecified atom stereocenters. The lowest BCUT2D eigenvalue weighted by Gasteiger charge is -2.32. The van der Waals surface area contributed by atoms with Crippen LogP contribution in [0.3, 0.4) is 0 Å². The molecule has 1 atom stereocenters. The second kappa shape index (κ2) is 10.2. The molecule has 0 amide bonds. The number of likely N-dealkylation sites (tertiary alicyclic amines) is 1. The number of fused-ring (bicyclic) bond motifs is 1. The number of carbonyl (C=O) groups is 2. The topological polar surface area (TPSA) is 91.8 Å². The van der Waals surface area contributed by atoms with Crippen LogP contribution in [0.25, 0.3) is 10.9 Å². The number of carboxylic acid groups (broad SMARTS) is 1. The van der Waals surface area contributed by atoms with Gasteiger partial charge in [-0.05, 0) is 75.3 Å². The summed E-state index contributed by atoms with van der Waals surface area (Å²) in [6, 6.07) is 14.3. The molecule has 1 saturated heterocycles. The number of rotatable bonds is 7. The maximum absolute atomic E-state index is 12.9. The van der Waals surface area contributed by atoms with Crippen LogP contribution in [-0.4, -0.2) is 53.7 Å². The summed E-state index contributed by atoms with van der Waals surface area (Å²) < 4.78 is 5.51. The number of carbonyl (C=O) groups excluding carboxylic acids is 1. The van der Waals surface area contributed by atoms with Gasteiger partial charge >= 0.3 is 11.9 Å². The fourth-order valence-corrected chi connectivity index (χ4v) is 4.39. The summed E-state index contributed by atoms with van der Waals surface area (Å²) in [5, 5.41) is 14.5. The highest BCUT2D eigenvalue weighted by atomic mass is 35.5. The van der Waals surface area contributed by atoms with Crippen molar-refractivity contribution in [1.29, 1.82) is 0 Å². The number of para-hydroxylation sites is 1. The molecule has 33 heavy (non-hydrogen) atoms. The monoisotopic (exact) mass is 467 g/mol. The number of ether oxygens (including phenoxy) is 1. The van der Waals surface area contributed by atoms with E-state index in [9.17, 15) is 14.7 Å². The highest BCUT2D eigenvalue weighted by molar-refractivity contribution is 6.31. The lowest BCUT2D eigenvalue weighted by atomic mass is 9.85. The Labute approximate surface area is 197 Å². The first-order valence-electron chi connectivity index (χ1n) is 10.9. The van der Waals surface area contributed by atoms with Gasteiger partial charge in [-0.1, -0.05) is 23.7 Å². The number of benzene rings is 2. The fraction of sp³-hybridized carbons (Fsp3) is 0.320. The predicted octanol–water partition coefficient (Wildman–Crippen LogP) is 4.83. The molecule has 2 N–H and O–H groups in total. The molecule has 1 aromatic heterocycles. The molecule has 0 radical (unpaired) electrons. The molecule has 1 aliphatic heterocycles. The number of aliphatic carboxylic acids is 1. The Kier molecular flexibility index (Phi) is 7.11. The zero-order chi connectivity index (χ0) is 23.4. The maximum Gasteiger partial charge on any atom is 0.340 e. The third-order valence-corrected chi connectivity index (χ3v) is 6.40. The predicted molar refractivity (Wildman–Crippen MR) is 128 cm³/mol. The van der Waals surface area contributed by atoms with Gasteiger partial charge in [0.2, 0.25) is 0 Å². The number of hydrogen-bond acceptors (Lipinski definition) is 6. The van der Waals surface area contributed by atoms with Gasteiger partial charge in [0.15, 0.2) is 0 Å². The minimum absolute atomic E-state index is 0.00474. The molecule has 1 fully saturated rings. The van der Waals surface area contributed by atoms with Crippen LogP contribution in [0.5, 0.6) is 0 Å². The Bertz CT molecular complexity index is 1160. The van der Waals surface area contributed by atoms with Crippen LogP contribution >= 0.6 is 11.6 Å². The number of nitrogens with zero attached hydrogens (tertiary/aromatic N) is 2. The number of halogens is 1. The molecule has 8 heteroatoms. The summed E-state index contributed by atoms with van der Waals surface area (Å²) in [5.74, 6) is -2.20. The summed E-state index contributed by atoms with van der Waals surface area (Å²) in [6.45, 7) is 1.55. The van der Waals surface area contributed by atoms with Gasteiger partial charge in [0.1, 0.15) is 6.61 Å². The number of anilines is 2. The standard InChI is InChI=1S/C25H26ClN3O4/c1-29-12-9-16(10-13-29)20(24(30)31)15-33-25(32)19-4-2-3-5-21(19)28-22-8-11-27-23-14-17(26)6-7-18(22)23/h2-8,11,14,16,20H,9-10,12-13,15H2,1H3,(H,27,28)(H,30,31). The summed E-state index contributed by atoms with van der Waals surface area (Å²) in [7, 11) is 2.02. The van der Waals surface area contributed by atoms with Crippen LogP contribution in [-0.2, 0) is 9.53 Å². The molecular formula is C25H26ClN3O4. The normalized spacial score (nSPS) is 15.8. The number of piperidine rings is 1. The Hall–Kier alpha value is -3.16.